The van der Waals surface area contributed by atoms with E-state index in [1.54, 1.807) is 30.3 Å². The van der Waals surface area contributed by atoms with Crippen LogP contribution in [-0.4, -0.2) is 40.8 Å². The van der Waals surface area contributed by atoms with Gasteiger partial charge in [0.25, 0.3) is 5.91 Å². The van der Waals surface area contributed by atoms with Gasteiger partial charge in [-0.3, -0.25) is 14.6 Å². The highest BCUT2D eigenvalue weighted by molar-refractivity contribution is 6.43. The molecule has 0 fully saturated rings. The molecule has 2 amide bonds. The number of aromatic nitrogens is 1. The number of anilines is 1. The topological polar surface area (TPSA) is 113 Å². The number of hydrogen-bond donors (Lipinski definition) is 3. The molecule has 0 aliphatic rings. The molecule has 36 heavy (non-hydrogen) atoms. The Kier molecular flexibility index (Phi) is 9.19. The Bertz CT molecular complexity index is 1270. The maximum absolute atomic E-state index is 13.1. The van der Waals surface area contributed by atoms with Crippen LogP contribution in [0.25, 0.3) is 11.3 Å². The summed E-state index contributed by atoms with van der Waals surface area (Å²) in [5.41, 5.74) is 2.12. The molecule has 0 unspecified atom stereocenters. The van der Waals surface area contributed by atoms with Crippen LogP contribution >= 0.6 is 0 Å². The molecule has 184 valence electrons. The van der Waals surface area contributed by atoms with Gasteiger partial charge in [-0.05, 0) is 78.7 Å². The number of carbonyl (C=O) groups is 2. The molecule has 0 atom stereocenters. The molecule has 0 radical (unpaired) electrons. The fourth-order valence-electron chi connectivity index (χ4n) is 3.15. The average molecular weight is 489 g/mol. The van der Waals surface area contributed by atoms with Crippen molar-refractivity contribution >= 4 is 23.3 Å². The van der Waals surface area contributed by atoms with Crippen LogP contribution < -0.4 is 15.4 Å². The minimum Gasteiger partial charge on any atom is -0.457 e. The van der Waals surface area contributed by atoms with E-state index in [0.29, 0.717) is 23.6 Å². The number of amides is 2. The molecular weight excluding hydrogens is 463 g/mol. The Balaban J connectivity index is 1.72. The molecule has 3 N–H and O–H groups in total. The second kappa shape index (κ2) is 12.7. The maximum Gasteiger partial charge on any atom is 0.270 e. The quantitative estimate of drug-likeness (QED) is 0.353. The number of carbonyl (C=O) groups excluding carboxylic acids is 2. The molecule has 0 spiro atoms. The summed E-state index contributed by atoms with van der Waals surface area (Å²) in [5, 5.41) is 14.5. The Morgan fingerprint density at radius 2 is 1.72 bits per heavy atom. The Labute approximate surface area is 207 Å². The zero-order valence-electron chi connectivity index (χ0n) is 19.4. The minimum atomic E-state index is -0.564. The van der Waals surface area contributed by atoms with Gasteiger partial charge in [-0.15, -0.1) is 0 Å². The van der Waals surface area contributed by atoms with Crippen LogP contribution in [0.3, 0.4) is 0 Å². The second-order valence-electron chi connectivity index (χ2n) is 7.43. The monoisotopic (exact) mass is 488 g/mol. The maximum atomic E-state index is 13.1. The average Bonchev–Trinajstić information content (AvgIpc) is 2.87. The van der Waals surface area contributed by atoms with Crippen molar-refractivity contribution in [2.75, 3.05) is 18.5 Å². The van der Waals surface area contributed by atoms with E-state index in [1.807, 2.05) is 6.07 Å². The number of halogens is 1. The molecular formula is C27H25FN4O4. The van der Waals surface area contributed by atoms with Gasteiger partial charge in [-0.25, -0.2) is 9.37 Å². The molecule has 0 aliphatic heterocycles. The van der Waals surface area contributed by atoms with Gasteiger partial charge in [0.1, 0.15) is 28.8 Å². The number of pyridine rings is 1. The first-order valence-corrected chi connectivity index (χ1v) is 11.0. The zero-order valence-corrected chi connectivity index (χ0v) is 19.4. The number of ether oxygens (including phenoxy) is 1. The number of nitrogens with one attached hydrogen (secondary N) is 2. The second-order valence-corrected chi connectivity index (χ2v) is 7.43. The first-order chi connectivity index (χ1) is 17.4. The predicted molar refractivity (Wildman–Crippen MR) is 136 cm³/mol. The SMILES string of the molecule is C=CN=C(C=C)C(=O)NCC(=O)Nc1cc(CCO)cc(-c2ccc(Oc3ccc(F)cc3)cc2)n1. The van der Waals surface area contributed by atoms with E-state index in [-0.39, 0.29) is 30.5 Å². The van der Waals surface area contributed by atoms with Crippen molar-refractivity contribution in [3.05, 3.63) is 97.5 Å². The molecule has 3 aromatic rings. The lowest BCUT2D eigenvalue weighted by molar-refractivity contribution is -0.120. The molecule has 0 saturated carbocycles. The minimum absolute atomic E-state index is 0.0370. The van der Waals surface area contributed by atoms with Crippen molar-refractivity contribution in [2.24, 2.45) is 4.99 Å². The zero-order chi connectivity index (χ0) is 25.9. The molecule has 0 bridgehead atoms. The van der Waals surface area contributed by atoms with Gasteiger partial charge in [0.2, 0.25) is 5.91 Å². The smallest absolute Gasteiger partial charge is 0.270 e. The third-order valence-electron chi connectivity index (χ3n) is 4.82. The van der Waals surface area contributed by atoms with Gasteiger partial charge in [0.05, 0.1) is 12.2 Å². The molecule has 2 aromatic carbocycles. The Morgan fingerprint density at radius 3 is 2.33 bits per heavy atom. The van der Waals surface area contributed by atoms with E-state index < -0.39 is 11.8 Å². The van der Waals surface area contributed by atoms with Gasteiger partial charge in [-0.2, -0.15) is 0 Å². The molecule has 0 aliphatic carbocycles. The van der Waals surface area contributed by atoms with Crippen molar-refractivity contribution in [2.45, 2.75) is 6.42 Å². The van der Waals surface area contributed by atoms with Crippen LogP contribution in [0, 0.1) is 5.82 Å². The van der Waals surface area contributed by atoms with Gasteiger partial charge < -0.3 is 20.5 Å². The molecule has 0 saturated heterocycles. The Hall–Kier alpha value is -4.63. The van der Waals surface area contributed by atoms with E-state index in [1.165, 1.54) is 36.5 Å². The number of benzene rings is 2. The van der Waals surface area contributed by atoms with Crippen molar-refractivity contribution in [1.29, 1.82) is 0 Å². The van der Waals surface area contributed by atoms with Gasteiger partial charge >= 0.3 is 0 Å². The number of rotatable bonds is 11. The predicted octanol–water partition coefficient (Wildman–Crippen LogP) is 4.04. The van der Waals surface area contributed by atoms with Crippen LogP contribution in [0.4, 0.5) is 10.2 Å². The molecule has 1 heterocycles. The highest BCUT2D eigenvalue weighted by Crippen LogP contribution is 2.27. The largest absolute Gasteiger partial charge is 0.457 e. The lowest BCUT2D eigenvalue weighted by Gasteiger charge is -2.11. The summed E-state index contributed by atoms with van der Waals surface area (Å²) in [5.74, 6) is -0.0793. The van der Waals surface area contributed by atoms with E-state index in [4.69, 9.17) is 4.74 Å². The van der Waals surface area contributed by atoms with Crippen molar-refractivity contribution < 1.29 is 23.8 Å². The summed E-state index contributed by atoms with van der Waals surface area (Å²) in [6, 6.07) is 16.2. The number of hydrogen-bond acceptors (Lipinski definition) is 6. The van der Waals surface area contributed by atoms with Gasteiger partial charge in [0.15, 0.2) is 0 Å². The van der Waals surface area contributed by atoms with E-state index >= 15 is 0 Å². The van der Waals surface area contributed by atoms with E-state index in [2.05, 4.69) is 33.8 Å². The Morgan fingerprint density at radius 1 is 1.06 bits per heavy atom. The number of aliphatic hydroxyl groups excluding tert-OH is 1. The molecule has 1 aromatic heterocycles. The molecule has 3 rings (SSSR count). The molecule has 9 heteroatoms. The van der Waals surface area contributed by atoms with Gasteiger partial charge in [0, 0.05) is 18.4 Å². The fraction of sp³-hybridized carbons (Fsp3) is 0.111. The van der Waals surface area contributed by atoms with Gasteiger partial charge in [-0.1, -0.05) is 13.2 Å². The third kappa shape index (κ3) is 7.44. The fourth-order valence-corrected chi connectivity index (χ4v) is 3.15. The highest BCUT2D eigenvalue weighted by Gasteiger charge is 2.12. The van der Waals surface area contributed by atoms with Crippen LogP contribution in [-0.2, 0) is 16.0 Å². The van der Waals surface area contributed by atoms with E-state index in [0.717, 1.165) is 11.1 Å². The first kappa shape index (κ1) is 26.0. The van der Waals surface area contributed by atoms with Crippen molar-refractivity contribution in [1.82, 2.24) is 10.3 Å². The lowest BCUT2D eigenvalue weighted by Crippen LogP contribution is -2.36. The third-order valence-corrected chi connectivity index (χ3v) is 4.82. The summed E-state index contributed by atoms with van der Waals surface area (Å²) in [6.45, 7) is 6.54. The summed E-state index contributed by atoms with van der Waals surface area (Å²) >= 11 is 0. The van der Waals surface area contributed by atoms with Crippen LogP contribution in [0.15, 0.2) is 91.1 Å². The summed E-state index contributed by atoms with van der Waals surface area (Å²) < 4.78 is 18.8. The van der Waals surface area contributed by atoms with Crippen LogP contribution in [0.1, 0.15) is 5.56 Å². The van der Waals surface area contributed by atoms with Crippen LogP contribution in [0.5, 0.6) is 11.5 Å². The van der Waals surface area contributed by atoms with Crippen molar-refractivity contribution in [3.63, 3.8) is 0 Å². The normalized spacial score (nSPS) is 10.9. The summed E-state index contributed by atoms with van der Waals surface area (Å²) in [7, 11) is 0. The number of aliphatic hydroxyl groups is 1. The van der Waals surface area contributed by atoms with E-state index in [9.17, 15) is 19.1 Å². The summed E-state index contributed by atoms with van der Waals surface area (Å²) in [4.78, 5) is 32.7. The standard InChI is InChI=1S/C27H25FN4O4/c1-3-23(29-4-2)27(35)30-17-26(34)32-25-16-18(13-14-33)15-24(31-25)19-5-9-21(10-6-19)36-22-11-7-20(28)8-12-22/h3-12,15-16,33H,1-2,13-14,17H2,(H,30,35)(H,31,32,34). The lowest BCUT2D eigenvalue weighted by atomic mass is 10.1. The first-order valence-electron chi connectivity index (χ1n) is 11.0. The van der Waals surface area contributed by atoms with Crippen molar-refractivity contribution in [3.8, 4) is 22.8 Å². The number of aliphatic imine (C=N–C) groups is 1. The number of nitrogens with zero attached hydrogens (tertiary/aromatic N) is 2. The molecule has 8 nitrogen and oxygen atoms in total. The summed E-state index contributed by atoms with van der Waals surface area (Å²) in [6.07, 6.45) is 2.83. The van der Waals surface area contributed by atoms with Crippen LogP contribution in [0.2, 0.25) is 0 Å². The highest BCUT2D eigenvalue weighted by atomic mass is 19.1.